The zero-order valence-corrected chi connectivity index (χ0v) is 12.8. The maximum atomic E-state index is 13.0. The lowest BCUT2D eigenvalue weighted by atomic mass is 10.2. The summed E-state index contributed by atoms with van der Waals surface area (Å²) in [5.74, 6) is -0.830. The Hall–Kier alpha value is -3.21. The minimum atomic E-state index is -0.491. The SMILES string of the molecule is O=C(OCC=Cc1ccccc1)c1cncn1-c1ccc(F)cc1. The van der Waals surface area contributed by atoms with Gasteiger partial charge in [-0.3, -0.25) is 4.57 Å². The van der Waals surface area contributed by atoms with Crippen LogP contribution in [0.5, 0.6) is 0 Å². The van der Waals surface area contributed by atoms with Gasteiger partial charge in [-0.25, -0.2) is 14.2 Å². The van der Waals surface area contributed by atoms with Gasteiger partial charge < -0.3 is 4.74 Å². The average Bonchev–Trinajstić information content (AvgIpc) is 3.10. The van der Waals surface area contributed by atoms with E-state index >= 15 is 0 Å². The molecule has 2 aromatic carbocycles. The Balaban J connectivity index is 1.65. The van der Waals surface area contributed by atoms with Crippen molar-refractivity contribution in [2.45, 2.75) is 0 Å². The van der Waals surface area contributed by atoms with Crippen LogP contribution in [0.4, 0.5) is 4.39 Å². The Bertz CT molecular complexity index is 839. The van der Waals surface area contributed by atoms with Crippen LogP contribution in [0.1, 0.15) is 16.1 Å². The molecule has 3 aromatic rings. The predicted octanol–water partition coefficient (Wildman–Crippen LogP) is 3.88. The minimum absolute atomic E-state index is 0.155. The molecule has 0 N–H and O–H groups in total. The van der Waals surface area contributed by atoms with Crippen LogP contribution in [0, 0.1) is 5.82 Å². The molecule has 3 rings (SSSR count). The van der Waals surface area contributed by atoms with Crippen molar-refractivity contribution in [1.82, 2.24) is 9.55 Å². The third kappa shape index (κ3) is 3.76. The Morgan fingerprint density at radius 3 is 2.62 bits per heavy atom. The first kappa shape index (κ1) is 15.7. The van der Waals surface area contributed by atoms with Crippen molar-refractivity contribution in [3.05, 3.63) is 90.3 Å². The third-order valence-electron chi connectivity index (χ3n) is 3.37. The highest BCUT2D eigenvalue weighted by molar-refractivity contribution is 5.88. The number of hydrogen-bond acceptors (Lipinski definition) is 3. The molecule has 120 valence electrons. The lowest BCUT2D eigenvalue weighted by Gasteiger charge is -2.07. The number of aromatic nitrogens is 2. The molecular formula is C19H15FN2O2. The summed E-state index contributed by atoms with van der Waals surface area (Å²) in [6.45, 7) is 0.155. The number of esters is 1. The van der Waals surface area contributed by atoms with Crippen molar-refractivity contribution >= 4 is 12.0 Å². The largest absolute Gasteiger partial charge is 0.457 e. The minimum Gasteiger partial charge on any atom is -0.457 e. The Morgan fingerprint density at radius 1 is 1.12 bits per heavy atom. The van der Waals surface area contributed by atoms with E-state index in [4.69, 9.17) is 4.74 Å². The summed E-state index contributed by atoms with van der Waals surface area (Å²) in [4.78, 5) is 16.2. The normalized spacial score (nSPS) is 10.9. The van der Waals surface area contributed by atoms with Crippen LogP contribution in [0.25, 0.3) is 11.8 Å². The van der Waals surface area contributed by atoms with Crippen LogP contribution < -0.4 is 0 Å². The number of ether oxygens (including phenoxy) is 1. The molecule has 0 aliphatic carbocycles. The standard InChI is InChI=1S/C19H15FN2O2/c20-16-8-10-17(11-9-16)22-14-21-13-18(22)19(23)24-12-4-7-15-5-2-1-3-6-15/h1-11,13-14H,12H2. The molecule has 1 heterocycles. The van der Waals surface area contributed by atoms with Crippen LogP contribution in [0.2, 0.25) is 0 Å². The fourth-order valence-electron chi connectivity index (χ4n) is 2.20. The Kier molecular flexibility index (Phi) is 4.81. The van der Waals surface area contributed by atoms with Gasteiger partial charge >= 0.3 is 5.97 Å². The summed E-state index contributed by atoms with van der Waals surface area (Å²) in [5.41, 5.74) is 1.96. The predicted molar refractivity (Wildman–Crippen MR) is 89.3 cm³/mol. The molecule has 0 saturated heterocycles. The van der Waals surface area contributed by atoms with E-state index in [9.17, 15) is 9.18 Å². The second-order valence-corrected chi connectivity index (χ2v) is 5.04. The molecule has 5 heteroatoms. The number of benzene rings is 2. The highest BCUT2D eigenvalue weighted by atomic mass is 19.1. The number of nitrogens with zero attached hydrogens (tertiary/aromatic N) is 2. The van der Waals surface area contributed by atoms with Gasteiger partial charge in [0.05, 0.1) is 12.5 Å². The van der Waals surface area contributed by atoms with Gasteiger partial charge in [-0.1, -0.05) is 36.4 Å². The summed E-state index contributed by atoms with van der Waals surface area (Å²) in [6.07, 6.45) is 6.56. The summed E-state index contributed by atoms with van der Waals surface area (Å²) >= 11 is 0. The second-order valence-electron chi connectivity index (χ2n) is 5.04. The van der Waals surface area contributed by atoms with Crippen molar-refractivity contribution in [3.8, 4) is 5.69 Å². The van der Waals surface area contributed by atoms with Crippen molar-refractivity contribution in [2.75, 3.05) is 6.61 Å². The van der Waals surface area contributed by atoms with E-state index in [2.05, 4.69) is 4.98 Å². The van der Waals surface area contributed by atoms with Gasteiger partial charge in [-0.05, 0) is 35.9 Å². The quantitative estimate of drug-likeness (QED) is 0.670. The monoisotopic (exact) mass is 322 g/mol. The number of carbonyl (C=O) groups is 1. The molecule has 0 bridgehead atoms. The third-order valence-corrected chi connectivity index (χ3v) is 3.37. The van der Waals surface area contributed by atoms with Gasteiger partial charge in [-0.2, -0.15) is 0 Å². The number of imidazole rings is 1. The first-order valence-electron chi connectivity index (χ1n) is 7.41. The number of rotatable bonds is 5. The molecule has 0 unspecified atom stereocenters. The molecule has 0 spiro atoms. The fraction of sp³-hybridized carbons (Fsp3) is 0.0526. The van der Waals surface area contributed by atoms with E-state index in [1.54, 1.807) is 22.8 Å². The number of carbonyl (C=O) groups excluding carboxylic acids is 1. The molecule has 0 saturated carbocycles. The summed E-state index contributed by atoms with van der Waals surface area (Å²) in [5, 5.41) is 0. The summed E-state index contributed by atoms with van der Waals surface area (Å²) in [6, 6.07) is 15.5. The average molecular weight is 322 g/mol. The van der Waals surface area contributed by atoms with Gasteiger partial charge in [0.2, 0.25) is 0 Å². The molecule has 0 radical (unpaired) electrons. The Labute approximate surface area is 138 Å². The van der Waals surface area contributed by atoms with Crippen LogP contribution in [0.3, 0.4) is 0 Å². The maximum Gasteiger partial charge on any atom is 0.357 e. The van der Waals surface area contributed by atoms with E-state index in [-0.39, 0.29) is 18.1 Å². The van der Waals surface area contributed by atoms with Gasteiger partial charge in [-0.15, -0.1) is 0 Å². The molecule has 0 aliphatic heterocycles. The van der Waals surface area contributed by atoms with Crippen LogP contribution in [-0.2, 0) is 4.74 Å². The molecule has 24 heavy (non-hydrogen) atoms. The van der Waals surface area contributed by atoms with Gasteiger partial charge in [0.1, 0.15) is 12.4 Å². The fourth-order valence-corrected chi connectivity index (χ4v) is 2.20. The second kappa shape index (κ2) is 7.37. The zero-order chi connectivity index (χ0) is 16.8. The molecule has 4 nitrogen and oxygen atoms in total. The van der Waals surface area contributed by atoms with Crippen LogP contribution in [-0.4, -0.2) is 22.1 Å². The van der Waals surface area contributed by atoms with E-state index in [0.29, 0.717) is 5.69 Å². The molecule has 1 aromatic heterocycles. The zero-order valence-electron chi connectivity index (χ0n) is 12.8. The Morgan fingerprint density at radius 2 is 1.88 bits per heavy atom. The first-order valence-corrected chi connectivity index (χ1v) is 7.41. The van der Waals surface area contributed by atoms with Gasteiger partial charge in [0.25, 0.3) is 0 Å². The molecular weight excluding hydrogens is 307 g/mol. The lowest BCUT2D eigenvalue weighted by Crippen LogP contribution is -2.10. The highest BCUT2D eigenvalue weighted by Crippen LogP contribution is 2.13. The maximum absolute atomic E-state index is 13.0. The highest BCUT2D eigenvalue weighted by Gasteiger charge is 2.14. The number of halogens is 1. The first-order chi connectivity index (χ1) is 11.7. The summed E-state index contributed by atoms with van der Waals surface area (Å²) in [7, 11) is 0. The van der Waals surface area contributed by atoms with Crippen LogP contribution in [0.15, 0.2) is 73.2 Å². The molecule has 0 amide bonds. The molecule has 0 aliphatic rings. The number of hydrogen-bond donors (Lipinski definition) is 0. The van der Waals surface area contributed by atoms with E-state index in [0.717, 1.165) is 5.56 Å². The van der Waals surface area contributed by atoms with Gasteiger partial charge in [0.15, 0.2) is 5.69 Å². The topological polar surface area (TPSA) is 44.1 Å². The van der Waals surface area contributed by atoms with Crippen molar-refractivity contribution in [1.29, 1.82) is 0 Å². The van der Waals surface area contributed by atoms with E-state index in [1.807, 2.05) is 36.4 Å². The lowest BCUT2D eigenvalue weighted by molar-refractivity contribution is 0.0541. The smallest absolute Gasteiger partial charge is 0.357 e. The molecule has 0 fully saturated rings. The molecule has 0 atom stereocenters. The van der Waals surface area contributed by atoms with Gasteiger partial charge in [0, 0.05) is 5.69 Å². The van der Waals surface area contributed by atoms with E-state index < -0.39 is 5.97 Å². The van der Waals surface area contributed by atoms with Crippen molar-refractivity contribution in [2.24, 2.45) is 0 Å². The van der Waals surface area contributed by atoms with Crippen LogP contribution >= 0.6 is 0 Å². The van der Waals surface area contributed by atoms with Crippen molar-refractivity contribution in [3.63, 3.8) is 0 Å². The summed E-state index contributed by atoms with van der Waals surface area (Å²) < 4.78 is 19.8. The van der Waals surface area contributed by atoms with E-state index in [1.165, 1.54) is 24.7 Å². The van der Waals surface area contributed by atoms with Crippen molar-refractivity contribution < 1.29 is 13.9 Å².